The summed E-state index contributed by atoms with van der Waals surface area (Å²) >= 11 is 0. The molecule has 1 heterocycles. The minimum atomic E-state index is -4.29. The van der Waals surface area contributed by atoms with E-state index in [4.69, 9.17) is 4.74 Å². The number of carbonyl (C=O) groups excluding carboxylic acids is 1. The summed E-state index contributed by atoms with van der Waals surface area (Å²) in [6.07, 6.45) is -5.99. The average molecular weight is 362 g/mol. The van der Waals surface area contributed by atoms with Crippen LogP contribution < -0.4 is 0 Å². The van der Waals surface area contributed by atoms with Gasteiger partial charge in [-0.25, -0.2) is 4.79 Å². The molecule has 0 radical (unpaired) electrons. The Morgan fingerprint density at radius 2 is 1.83 bits per heavy atom. The van der Waals surface area contributed by atoms with E-state index in [2.05, 4.69) is 4.74 Å². The largest absolute Gasteiger partial charge is 0.444 e. The Balaban J connectivity index is 2.69. The third kappa shape index (κ3) is 8.09. The molecule has 1 aliphatic rings. The molecule has 5 nitrogen and oxygen atoms in total. The highest BCUT2D eigenvalue weighted by atomic mass is 19.4. The molecule has 0 unspecified atom stereocenters. The van der Waals surface area contributed by atoms with Gasteiger partial charge in [0.2, 0.25) is 0 Å². The van der Waals surface area contributed by atoms with E-state index in [0.29, 0.717) is 0 Å². The van der Waals surface area contributed by atoms with Crippen LogP contribution in [0.1, 0.15) is 27.2 Å². The van der Waals surface area contributed by atoms with E-state index >= 15 is 0 Å². The molecule has 0 aliphatic carbocycles. The SMILES string of the molecule is CC(C)(C)OC(=O)N1CCN(CCC(F)(F)F)C[C@H]1COC(F)F. The molecule has 24 heavy (non-hydrogen) atoms. The molecular weight excluding hydrogens is 339 g/mol. The lowest BCUT2D eigenvalue weighted by atomic mass is 10.1. The molecule has 1 rings (SSSR count). The molecule has 1 fully saturated rings. The Morgan fingerprint density at radius 3 is 2.33 bits per heavy atom. The summed E-state index contributed by atoms with van der Waals surface area (Å²) in [5.41, 5.74) is -0.765. The van der Waals surface area contributed by atoms with Crippen molar-refractivity contribution in [1.82, 2.24) is 9.80 Å². The van der Waals surface area contributed by atoms with Crippen LogP contribution in [0.2, 0.25) is 0 Å². The number of hydrogen-bond acceptors (Lipinski definition) is 4. The van der Waals surface area contributed by atoms with Crippen molar-refractivity contribution < 1.29 is 36.2 Å². The third-order valence-corrected chi connectivity index (χ3v) is 3.32. The molecule has 0 aromatic heterocycles. The lowest BCUT2D eigenvalue weighted by Gasteiger charge is -2.41. The van der Waals surface area contributed by atoms with Crippen molar-refractivity contribution in [2.24, 2.45) is 0 Å². The number of carbonyl (C=O) groups is 1. The second-order valence-electron chi connectivity index (χ2n) is 6.59. The fourth-order valence-corrected chi connectivity index (χ4v) is 2.30. The van der Waals surface area contributed by atoms with Crippen molar-refractivity contribution in [3.63, 3.8) is 0 Å². The van der Waals surface area contributed by atoms with E-state index in [-0.39, 0.29) is 26.2 Å². The maximum Gasteiger partial charge on any atom is 0.410 e. The van der Waals surface area contributed by atoms with E-state index in [1.165, 1.54) is 9.80 Å². The van der Waals surface area contributed by atoms with Crippen molar-refractivity contribution in [3.8, 4) is 0 Å². The molecule has 0 bridgehead atoms. The zero-order chi connectivity index (χ0) is 18.5. The quantitative estimate of drug-likeness (QED) is 0.705. The monoisotopic (exact) mass is 362 g/mol. The number of alkyl halides is 5. The molecule has 1 amide bonds. The van der Waals surface area contributed by atoms with Crippen LogP contribution in [0, 0.1) is 0 Å². The van der Waals surface area contributed by atoms with E-state index in [9.17, 15) is 26.7 Å². The summed E-state index contributed by atoms with van der Waals surface area (Å²) in [5.74, 6) is 0. The normalized spacial score (nSPS) is 20.5. The Bertz CT molecular complexity index is 412. The number of amides is 1. The highest BCUT2D eigenvalue weighted by Gasteiger charge is 2.35. The van der Waals surface area contributed by atoms with E-state index < -0.39 is 43.6 Å². The molecular formula is C14H23F5N2O3. The lowest BCUT2D eigenvalue weighted by molar-refractivity contribution is -0.150. The first-order chi connectivity index (χ1) is 10.9. The average Bonchev–Trinajstić information content (AvgIpc) is 2.40. The Kier molecular flexibility index (Phi) is 7.21. The molecule has 0 aromatic carbocycles. The summed E-state index contributed by atoms with van der Waals surface area (Å²) in [6, 6.07) is -0.796. The van der Waals surface area contributed by atoms with Gasteiger partial charge in [0.05, 0.1) is 19.1 Å². The molecule has 0 N–H and O–H groups in total. The van der Waals surface area contributed by atoms with E-state index in [1.807, 2.05) is 0 Å². The van der Waals surface area contributed by atoms with Gasteiger partial charge in [-0.3, -0.25) is 4.90 Å². The van der Waals surface area contributed by atoms with Crippen LogP contribution in [0.15, 0.2) is 0 Å². The van der Waals surface area contributed by atoms with Gasteiger partial charge in [-0.1, -0.05) is 0 Å². The third-order valence-electron chi connectivity index (χ3n) is 3.32. The number of piperazine rings is 1. The Morgan fingerprint density at radius 1 is 1.21 bits per heavy atom. The minimum Gasteiger partial charge on any atom is -0.444 e. The zero-order valence-corrected chi connectivity index (χ0v) is 13.9. The van der Waals surface area contributed by atoms with Gasteiger partial charge in [0.15, 0.2) is 0 Å². The van der Waals surface area contributed by atoms with Gasteiger partial charge in [-0.2, -0.15) is 22.0 Å². The number of hydrogen-bond donors (Lipinski definition) is 0. The highest BCUT2D eigenvalue weighted by Crippen LogP contribution is 2.22. The first-order valence-electron chi connectivity index (χ1n) is 7.56. The van der Waals surface area contributed by atoms with Crippen LogP contribution in [0.25, 0.3) is 0 Å². The predicted molar refractivity (Wildman–Crippen MR) is 75.8 cm³/mol. The van der Waals surface area contributed by atoms with E-state index in [1.54, 1.807) is 20.8 Å². The van der Waals surface area contributed by atoms with Gasteiger partial charge >= 0.3 is 18.9 Å². The first kappa shape index (κ1) is 20.9. The maximum absolute atomic E-state index is 12.3. The van der Waals surface area contributed by atoms with Gasteiger partial charge in [0, 0.05) is 26.2 Å². The lowest BCUT2D eigenvalue weighted by Crippen LogP contribution is -2.58. The van der Waals surface area contributed by atoms with Gasteiger partial charge in [-0.15, -0.1) is 0 Å². The summed E-state index contributed by atoms with van der Waals surface area (Å²) < 4.78 is 71.0. The van der Waals surface area contributed by atoms with Crippen LogP contribution in [-0.4, -0.2) is 73.1 Å². The number of rotatable bonds is 5. The van der Waals surface area contributed by atoms with Crippen molar-refractivity contribution in [3.05, 3.63) is 0 Å². The second-order valence-corrected chi connectivity index (χ2v) is 6.59. The number of halogens is 5. The molecule has 1 saturated heterocycles. The molecule has 0 spiro atoms. The Hall–Kier alpha value is -1.16. The topological polar surface area (TPSA) is 42.0 Å². The zero-order valence-electron chi connectivity index (χ0n) is 13.9. The van der Waals surface area contributed by atoms with Gasteiger partial charge < -0.3 is 14.4 Å². The molecule has 1 aliphatic heterocycles. The van der Waals surface area contributed by atoms with Gasteiger partial charge in [0.25, 0.3) is 0 Å². The summed E-state index contributed by atoms with van der Waals surface area (Å²) in [7, 11) is 0. The van der Waals surface area contributed by atoms with Crippen molar-refractivity contribution >= 4 is 6.09 Å². The fourth-order valence-electron chi connectivity index (χ4n) is 2.30. The highest BCUT2D eigenvalue weighted by molar-refractivity contribution is 5.68. The van der Waals surface area contributed by atoms with Crippen molar-refractivity contribution in [1.29, 1.82) is 0 Å². The molecule has 1 atom stereocenters. The van der Waals surface area contributed by atoms with Crippen LogP contribution in [0.3, 0.4) is 0 Å². The van der Waals surface area contributed by atoms with Crippen LogP contribution in [0.4, 0.5) is 26.7 Å². The van der Waals surface area contributed by atoms with Crippen molar-refractivity contribution in [2.75, 3.05) is 32.8 Å². The Labute approximate surface area is 137 Å². The first-order valence-corrected chi connectivity index (χ1v) is 7.56. The van der Waals surface area contributed by atoms with Crippen LogP contribution in [-0.2, 0) is 9.47 Å². The fraction of sp³-hybridized carbons (Fsp3) is 0.929. The van der Waals surface area contributed by atoms with Crippen LogP contribution in [0.5, 0.6) is 0 Å². The van der Waals surface area contributed by atoms with E-state index in [0.717, 1.165) is 0 Å². The summed E-state index contributed by atoms with van der Waals surface area (Å²) in [6.45, 7) is 1.55. The second kappa shape index (κ2) is 8.28. The maximum atomic E-state index is 12.3. The molecule has 10 heteroatoms. The summed E-state index contributed by atoms with van der Waals surface area (Å²) in [5, 5.41) is 0. The molecule has 0 aromatic rings. The molecule has 0 saturated carbocycles. The van der Waals surface area contributed by atoms with Gasteiger partial charge in [-0.05, 0) is 20.8 Å². The van der Waals surface area contributed by atoms with Crippen LogP contribution >= 0.6 is 0 Å². The smallest absolute Gasteiger partial charge is 0.410 e. The van der Waals surface area contributed by atoms with Gasteiger partial charge in [0.1, 0.15) is 5.60 Å². The number of nitrogens with zero attached hydrogens (tertiary/aromatic N) is 2. The molecule has 142 valence electrons. The minimum absolute atomic E-state index is 0.0159. The number of ether oxygens (including phenoxy) is 2. The summed E-state index contributed by atoms with van der Waals surface area (Å²) in [4.78, 5) is 14.9. The standard InChI is InChI=1S/C14H23F5N2O3/c1-13(2,3)24-12(22)21-7-6-20(5-4-14(17,18)19)8-10(21)9-23-11(15)16/h10-11H,4-9H2,1-3H3/t10-/m0/s1. The van der Waals surface area contributed by atoms with Crippen molar-refractivity contribution in [2.45, 2.75) is 51.6 Å². The predicted octanol–water partition coefficient (Wildman–Crippen LogP) is 3.10.